The van der Waals surface area contributed by atoms with Gasteiger partial charge in [-0.1, -0.05) is 0 Å². The zero-order valence-electron chi connectivity index (χ0n) is 5.79. The normalized spacial score (nSPS) is 25.8. The summed E-state index contributed by atoms with van der Waals surface area (Å²) in [6.45, 7) is 0.783. The van der Waals surface area contributed by atoms with E-state index in [0.717, 1.165) is 12.3 Å². The van der Waals surface area contributed by atoms with Crippen molar-refractivity contribution in [3.8, 4) is 0 Å². The first-order valence-electron chi connectivity index (χ1n) is 3.12. The highest BCUT2D eigenvalue weighted by Crippen LogP contribution is 2.12. The van der Waals surface area contributed by atoms with Crippen molar-refractivity contribution in [2.75, 3.05) is 19.3 Å². The monoisotopic (exact) mass is 161 g/mol. The Morgan fingerprint density at radius 1 is 1.80 bits per heavy atom. The van der Waals surface area contributed by atoms with Crippen molar-refractivity contribution in [3.05, 3.63) is 0 Å². The molecule has 1 atom stereocenters. The number of hydrogen-bond donors (Lipinski definition) is 3. The highest BCUT2D eigenvalue weighted by atomic mass is 32.2. The van der Waals surface area contributed by atoms with Gasteiger partial charge in [0, 0.05) is 5.75 Å². The second-order valence-electron chi connectivity index (χ2n) is 1.92. The molecular formula is C5H11N3OS. The van der Waals surface area contributed by atoms with Crippen LogP contribution in [0.25, 0.3) is 0 Å². The summed E-state index contributed by atoms with van der Waals surface area (Å²) in [5.74, 6) is 1.63. The quantitative estimate of drug-likeness (QED) is 0.460. The molecule has 0 aromatic carbocycles. The number of aliphatic imine (C=N–C) groups is 1. The van der Waals surface area contributed by atoms with Crippen molar-refractivity contribution in [2.45, 2.75) is 5.37 Å². The Balaban J connectivity index is 2.53. The van der Waals surface area contributed by atoms with Crippen LogP contribution in [-0.4, -0.2) is 35.8 Å². The molecule has 0 aromatic rings. The van der Waals surface area contributed by atoms with E-state index < -0.39 is 0 Å². The molecule has 10 heavy (non-hydrogen) atoms. The molecule has 0 amide bonds. The van der Waals surface area contributed by atoms with Crippen molar-refractivity contribution in [1.29, 1.82) is 0 Å². The predicted molar refractivity (Wildman–Crippen MR) is 42.5 cm³/mol. The number of thioether (sulfide) groups is 1. The number of nitrogens with zero attached hydrogens (tertiary/aromatic N) is 1. The lowest BCUT2D eigenvalue weighted by Gasteiger charge is -2.20. The first kappa shape index (κ1) is 7.84. The van der Waals surface area contributed by atoms with Gasteiger partial charge < -0.3 is 5.32 Å². The summed E-state index contributed by atoms with van der Waals surface area (Å²) in [5.41, 5.74) is 2.07. The topological polar surface area (TPSA) is 56.7 Å². The summed E-state index contributed by atoms with van der Waals surface area (Å²) in [5, 5.41) is 11.7. The number of rotatable bonds is 1. The summed E-state index contributed by atoms with van der Waals surface area (Å²) in [6.07, 6.45) is 0. The molecule has 58 valence electrons. The van der Waals surface area contributed by atoms with Crippen molar-refractivity contribution < 1.29 is 5.21 Å². The molecule has 0 fully saturated rings. The van der Waals surface area contributed by atoms with Gasteiger partial charge in [0.15, 0.2) is 0 Å². The molecule has 0 aromatic heterocycles. The smallest absolute Gasteiger partial charge is 0.148 e. The Labute approximate surface area is 64.1 Å². The molecule has 4 nitrogen and oxygen atoms in total. The lowest BCUT2D eigenvalue weighted by molar-refractivity contribution is 0.231. The molecule has 0 spiro atoms. The second kappa shape index (κ2) is 3.80. The van der Waals surface area contributed by atoms with Gasteiger partial charge in [-0.25, -0.2) is 0 Å². The van der Waals surface area contributed by atoms with Crippen LogP contribution in [0.5, 0.6) is 0 Å². The summed E-state index contributed by atoms with van der Waals surface area (Å²) < 4.78 is 0. The molecule has 1 heterocycles. The molecular weight excluding hydrogens is 150 g/mol. The highest BCUT2D eigenvalue weighted by molar-refractivity contribution is 8.00. The molecule has 5 heteroatoms. The molecule has 0 saturated carbocycles. The number of hydroxylamine groups is 1. The van der Waals surface area contributed by atoms with Gasteiger partial charge in [-0.2, -0.15) is 0 Å². The van der Waals surface area contributed by atoms with Gasteiger partial charge in [-0.05, 0) is 7.05 Å². The number of amidine groups is 1. The molecule has 1 unspecified atom stereocenters. The van der Waals surface area contributed by atoms with Crippen molar-refractivity contribution >= 4 is 17.6 Å². The van der Waals surface area contributed by atoms with E-state index in [1.807, 2.05) is 7.05 Å². The fourth-order valence-electron chi connectivity index (χ4n) is 0.813. The van der Waals surface area contributed by atoms with Crippen LogP contribution in [0.15, 0.2) is 4.99 Å². The van der Waals surface area contributed by atoms with Gasteiger partial charge in [-0.15, -0.1) is 11.8 Å². The van der Waals surface area contributed by atoms with Crippen LogP contribution < -0.4 is 10.8 Å². The van der Waals surface area contributed by atoms with E-state index in [1.165, 1.54) is 0 Å². The SMILES string of the molecule is CNC1SCCN=C1NO. The summed E-state index contributed by atoms with van der Waals surface area (Å²) in [4.78, 5) is 4.07. The maximum atomic E-state index is 8.56. The Kier molecular flexibility index (Phi) is 2.98. The van der Waals surface area contributed by atoms with Crippen molar-refractivity contribution in [1.82, 2.24) is 10.8 Å². The van der Waals surface area contributed by atoms with Crippen LogP contribution in [0.3, 0.4) is 0 Å². The molecule has 1 rings (SSSR count). The van der Waals surface area contributed by atoms with Crippen LogP contribution in [0.4, 0.5) is 0 Å². The third kappa shape index (κ3) is 1.62. The maximum Gasteiger partial charge on any atom is 0.148 e. The minimum atomic E-state index is 0.124. The van der Waals surface area contributed by atoms with Gasteiger partial charge >= 0.3 is 0 Å². The molecule has 0 saturated heterocycles. The Morgan fingerprint density at radius 3 is 3.10 bits per heavy atom. The minimum Gasteiger partial charge on any atom is -0.302 e. The number of nitrogens with one attached hydrogen (secondary N) is 2. The standard InChI is InChI=1S/C5H11N3OS/c1-6-5-4(8-9)7-2-3-10-5/h5-6,9H,2-3H2,1H3,(H,7,8). The average molecular weight is 161 g/mol. The minimum absolute atomic E-state index is 0.124. The molecule has 3 N–H and O–H groups in total. The lowest BCUT2D eigenvalue weighted by atomic mass is 10.5. The largest absolute Gasteiger partial charge is 0.302 e. The van der Waals surface area contributed by atoms with E-state index in [0.29, 0.717) is 5.84 Å². The average Bonchev–Trinajstić information content (AvgIpc) is 2.04. The fourth-order valence-corrected chi connectivity index (χ4v) is 1.70. The van der Waals surface area contributed by atoms with Crippen molar-refractivity contribution in [3.63, 3.8) is 0 Å². The molecule has 0 aliphatic carbocycles. The zero-order valence-corrected chi connectivity index (χ0v) is 6.61. The maximum absolute atomic E-state index is 8.56. The summed E-state index contributed by atoms with van der Waals surface area (Å²) in [6, 6.07) is 0. The van der Waals surface area contributed by atoms with E-state index in [4.69, 9.17) is 5.21 Å². The summed E-state index contributed by atoms with van der Waals surface area (Å²) in [7, 11) is 1.84. The van der Waals surface area contributed by atoms with Gasteiger partial charge in [0.25, 0.3) is 0 Å². The Hall–Kier alpha value is -0.260. The van der Waals surface area contributed by atoms with Crippen molar-refractivity contribution in [2.24, 2.45) is 4.99 Å². The third-order valence-corrected chi connectivity index (χ3v) is 2.49. The van der Waals surface area contributed by atoms with Gasteiger partial charge in [0.05, 0.1) is 6.54 Å². The van der Waals surface area contributed by atoms with E-state index in [9.17, 15) is 0 Å². The predicted octanol–water partition coefficient (Wildman–Crippen LogP) is -0.344. The highest BCUT2D eigenvalue weighted by Gasteiger charge is 2.16. The zero-order chi connectivity index (χ0) is 7.40. The Morgan fingerprint density at radius 2 is 2.60 bits per heavy atom. The van der Waals surface area contributed by atoms with Gasteiger partial charge in [0.1, 0.15) is 11.2 Å². The first-order valence-corrected chi connectivity index (χ1v) is 4.16. The van der Waals surface area contributed by atoms with Crippen LogP contribution in [0, 0.1) is 0 Å². The molecule has 1 aliphatic heterocycles. The Bertz CT molecular complexity index is 139. The van der Waals surface area contributed by atoms with Gasteiger partial charge in [0.2, 0.25) is 0 Å². The third-order valence-electron chi connectivity index (χ3n) is 1.28. The van der Waals surface area contributed by atoms with E-state index in [2.05, 4.69) is 15.8 Å². The molecule has 1 aliphatic rings. The van der Waals surface area contributed by atoms with Crippen LogP contribution in [-0.2, 0) is 0 Å². The number of likely N-dealkylation sites (N-methyl/N-ethyl adjacent to an activating group) is 1. The number of hydrogen-bond acceptors (Lipinski definition) is 5. The van der Waals surface area contributed by atoms with Crippen LogP contribution >= 0.6 is 11.8 Å². The van der Waals surface area contributed by atoms with Gasteiger partial charge in [-0.3, -0.25) is 15.7 Å². The van der Waals surface area contributed by atoms with Crippen LogP contribution in [0.1, 0.15) is 0 Å². The second-order valence-corrected chi connectivity index (χ2v) is 3.13. The van der Waals surface area contributed by atoms with E-state index in [1.54, 1.807) is 11.8 Å². The first-order chi connectivity index (χ1) is 4.88. The molecule has 0 radical (unpaired) electrons. The van der Waals surface area contributed by atoms with E-state index >= 15 is 0 Å². The van der Waals surface area contributed by atoms with E-state index in [-0.39, 0.29) is 5.37 Å². The van der Waals surface area contributed by atoms with Crippen LogP contribution in [0.2, 0.25) is 0 Å². The molecule has 0 bridgehead atoms. The summed E-state index contributed by atoms with van der Waals surface area (Å²) >= 11 is 1.73. The fraction of sp³-hybridized carbons (Fsp3) is 0.800. The lowest BCUT2D eigenvalue weighted by Crippen LogP contribution is -2.41.